The van der Waals surface area contributed by atoms with E-state index in [0.29, 0.717) is 6.42 Å². The minimum atomic E-state index is -1.16. The van der Waals surface area contributed by atoms with E-state index in [4.69, 9.17) is 16.7 Å². The Morgan fingerprint density at radius 1 is 1.48 bits per heavy atom. The lowest BCUT2D eigenvalue weighted by atomic mass is 10.2. The molecule has 0 aliphatic rings. The van der Waals surface area contributed by atoms with Gasteiger partial charge in [0.2, 0.25) is 0 Å². The van der Waals surface area contributed by atoms with Crippen LogP contribution in [0.5, 0.6) is 0 Å². The summed E-state index contributed by atoms with van der Waals surface area (Å²) in [4.78, 5) is 32.7. The molecule has 0 radical (unpaired) electrons. The Morgan fingerprint density at radius 3 is 2.67 bits per heavy atom. The fraction of sp³-hybridized carbons (Fsp3) is 0.333. The van der Waals surface area contributed by atoms with Gasteiger partial charge in [0.15, 0.2) is 0 Å². The summed E-state index contributed by atoms with van der Waals surface area (Å²) in [5.41, 5.74) is -0.206. The molecule has 2 amide bonds. The Bertz CT molecular complexity index is 564. The van der Waals surface area contributed by atoms with E-state index in [0.717, 1.165) is 6.07 Å². The van der Waals surface area contributed by atoms with E-state index in [1.54, 1.807) is 6.92 Å². The second-order valence-corrected chi connectivity index (χ2v) is 4.61. The van der Waals surface area contributed by atoms with Gasteiger partial charge in [-0.25, -0.2) is 9.59 Å². The number of non-ortho nitro benzene ring substituents is 1. The monoisotopic (exact) mass is 315 g/mol. The number of amides is 2. The van der Waals surface area contributed by atoms with Gasteiger partial charge in [-0.2, -0.15) is 0 Å². The number of rotatable bonds is 6. The Hall–Kier alpha value is -2.35. The minimum Gasteiger partial charge on any atom is -0.480 e. The average Bonchev–Trinajstić information content (AvgIpc) is 2.40. The molecule has 0 aliphatic carbocycles. The number of nitrogens with one attached hydrogen (secondary N) is 2. The highest BCUT2D eigenvalue weighted by Gasteiger charge is 2.19. The topological polar surface area (TPSA) is 122 Å². The lowest BCUT2D eigenvalue weighted by Crippen LogP contribution is -2.42. The van der Waals surface area contributed by atoms with Crippen LogP contribution in [0.4, 0.5) is 16.2 Å². The van der Waals surface area contributed by atoms with Gasteiger partial charge >= 0.3 is 12.0 Å². The van der Waals surface area contributed by atoms with Crippen molar-refractivity contribution in [2.24, 2.45) is 0 Å². The standard InChI is InChI=1S/C12H14ClN3O5/c1-2-3-9(11(17)18)14-12(19)15-10-6-7(16(20)21)4-5-8(10)13/h4-6,9H,2-3H2,1H3,(H,17,18)(H2,14,15,19). The summed E-state index contributed by atoms with van der Waals surface area (Å²) in [7, 11) is 0. The molecule has 0 aliphatic heterocycles. The smallest absolute Gasteiger partial charge is 0.326 e. The maximum absolute atomic E-state index is 11.7. The summed E-state index contributed by atoms with van der Waals surface area (Å²) in [6.45, 7) is 1.78. The highest BCUT2D eigenvalue weighted by Crippen LogP contribution is 2.26. The maximum atomic E-state index is 11.7. The van der Waals surface area contributed by atoms with Crippen LogP contribution in [0.3, 0.4) is 0 Å². The predicted molar refractivity (Wildman–Crippen MR) is 76.6 cm³/mol. The van der Waals surface area contributed by atoms with Gasteiger partial charge in [0.05, 0.1) is 15.6 Å². The number of hydrogen-bond acceptors (Lipinski definition) is 4. The van der Waals surface area contributed by atoms with E-state index in [1.807, 2.05) is 0 Å². The predicted octanol–water partition coefficient (Wildman–Crippen LogP) is 2.62. The van der Waals surface area contributed by atoms with Crippen molar-refractivity contribution >= 4 is 35.0 Å². The van der Waals surface area contributed by atoms with Crippen molar-refractivity contribution in [2.45, 2.75) is 25.8 Å². The molecule has 0 spiro atoms. The molecule has 114 valence electrons. The molecule has 8 nitrogen and oxygen atoms in total. The Balaban J connectivity index is 2.80. The van der Waals surface area contributed by atoms with Crippen molar-refractivity contribution in [3.63, 3.8) is 0 Å². The number of hydrogen-bond donors (Lipinski definition) is 3. The van der Waals surface area contributed by atoms with Crippen LogP contribution < -0.4 is 10.6 Å². The van der Waals surface area contributed by atoms with Crippen molar-refractivity contribution in [1.82, 2.24) is 5.32 Å². The molecule has 1 unspecified atom stereocenters. The summed E-state index contributed by atoms with van der Waals surface area (Å²) in [6, 6.07) is 1.74. The number of benzene rings is 1. The van der Waals surface area contributed by atoms with Crippen LogP contribution >= 0.6 is 11.6 Å². The molecule has 0 fully saturated rings. The Labute approximate surface area is 125 Å². The van der Waals surface area contributed by atoms with E-state index in [2.05, 4.69) is 10.6 Å². The second kappa shape index (κ2) is 7.44. The first kappa shape index (κ1) is 16.7. The summed E-state index contributed by atoms with van der Waals surface area (Å²) in [6.07, 6.45) is 0.847. The number of carboxylic acid groups (broad SMARTS) is 1. The summed E-state index contributed by atoms with van der Waals surface area (Å²) < 4.78 is 0. The van der Waals surface area contributed by atoms with Crippen molar-refractivity contribution in [2.75, 3.05) is 5.32 Å². The first-order chi connectivity index (χ1) is 9.85. The number of nitro groups is 1. The van der Waals surface area contributed by atoms with Crippen LogP contribution in [0.2, 0.25) is 5.02 Å². The molecule has 0 saturated heterocycles. The number of carbonyl (C=O) groups excluding carboxylic acids is 1. The van der Waals surface area contributed by atoms with Crippen LogP contribution in [-0.2, 0) is 4.79 Å². The van der Waals surface area contributed by atoms with Gasteiger partial charge in [0.1, 0.15) is 6.04 Å². The number of anilines is 1. The molecule has 9 heteroatoms. The number of nitro benzene ring substituents is 1. The number of carboxylic acids is 1. The lowest BCUT2D eigenvalue weighted by molar-refractivity contribution is -0.384. The minimum absolute atomic E-state index is 0.0315. The molecule has 1 aromatic carbocycles. The molecule has 0 bridgehead atoms. The molecule has 3 N–H and O–H groups in total. The molecule has 0 saturated carbocycles. The van der Waals surface area contributed by atoms with Gasteiger partial charge in [0, 0.05) is 12.1 Å². The van der Waals surface area contributed by atoms with Gasteiger partial charge in [0.25, 0.3) is 5.69 Å². The normalized spacial score (nSPS) is 11.5. The SMILES string of the molecule is CCCC(NC(=O)Nc1cc([N+](=O)[O-])ccc1Cl)C(=O)O. The van der Waals surface area contributed by atoms with Crippen LogP contribution in [0.1, 0.15) is 19.8 Å². The van der Waals surface area contributed by atoms with Crippen LogP contribution in [0.15, 0.2) is 18.2 Å². The molecular formula is C12H14ClN3O5. The average molecular weight is 316 g/mol. The Kier molecular flexibility index (Phi) is 5.92. The van der Waals surface area contributed by atoms with Gasteiger partial charge in [-0.1, -0.05) is 24.9 Å². The summed E-state index contributed by atoms with van der Waals surface area (Å²) in [5, 5.41) is 24.3. The highest BCUT2D eigenvalue weighted by molar-refractivity contribution is 6.33. The molecule has 0 aromatic heterocycles. The second-order valence-electron chi connectivity index (χ2n) is 4.20. The zero-order valence-corrected chi connectivity index (χ0v) is 11.9. The lowest BCUT2D eigenvalue weighted by Gasteiger charge is -2.14. The third-order valence-electron chi connectivity index (χ3n) is 2.59. The zero-order valence-electron chi connectivity index (χ0n) is 11.1. The first-order valence-electron chi connectivity index (χ1n) is 6.09. The third-order valence-corrected chi connectivity index (χ3v) is 2.92. The highest BCUT2D eigenvalue weighted by atomic mass is 35.5. The van der Waals surface area contributed by atoms with Crippen LogP contribution in [-0.4, -0.2) is 28.1 Å². The van der Waals surface area contributed by atoms with Crippen molar-refractivity contribution < 1.29 is 19.6 Å². The van der Waals surface area contributed by atoms with E-state index < -0.39 is 23.0 Å². The van der Waals surface area contributed by atoms with Crippen molar-refractivity contribution in [3.8, 4) is 0 Å². The van der Waals surface area contributed by atoms with Crippen molar-refractivity contribution in [3.05, 3.63) is 33.3 Å². The fourth-order valence-electron chi connectivity index (χ4n) is 1.59. The van der Waals surface area contributed by atoms with E-state index in [-0.39, 0.29) is 22.8 Å². The molecule has 1 aromatic rings. The molecule has 0 heterocycles. The zero-order chi connectivity index (χ0) is 16.0. The Morgan fingerprint density at radius 2 is 2.14 bits per heavy atom. The van der Waals surface area contributed by atoms with Gasteiger partial charge in [-0.15, -0.1) is 0 Å². The molecule has 1 atom stereocenters. The molecule has 21 heavy (non-hydrogen) atoms. The van der Waals surface area contributed by atoms with Crippen LogP contribution in [0.25, 0.3) is 0 Å². The summed E-state index contributed by atoms with van der Waals surface area (Å²) in [5.74, 6) is -1.16. The summed E-state index contributed by atoms with van der Waals surface area (Å²) >= 11 is 5.82. The van der Waals surface area contributed by atoms with Crippen molar-refractivity contribution in [1.29, 1.82) is 0 Å². The number of nitrogens with zero attached hydrogens (tertiary/aromatic N) is 1. The number of halogens is 1. The largest absolute Gasteiger partial charge is 0.480 e. The van der Waals surface area contributed by atoms with E-state index in [9.17, 15) is 19.7 Å². The number of urea groups is 1. The van der Waals surface area contributed by atoms with Gasteiger partial charge in [-0.3, -0.25) is 10.1 Å². The van der Waals surface area contributed by atoms with Gasteiger partial charge in [-0.05, 0) is 12.5 Å². The third kappa shape index (κ3) is 4.92. The maximum Gasteiger partial charge on any atom is 0.326 e. The number of aliphatic carboxylic acids is 1. The van der Waals surface area contributed by atoms with Crippen LogP contribution in [0, 0.1) is 10.1 Å². The first-order valence-corrected chi connectivity index (χ1v) is 6.47. The van der Waals surface area contributed by atoms with E-state index >= 15 is 0 Å². The quantitative estimate of drug-likeness (QED) is 0.550. The van der Waals surface area contributed by atoms with E-state index in [1.165, 1.54) is 12.1 Å². The molecule has 1 rings (SSSR count). The number of carbonyl (C=O) groups is 2. The van der Waals surface area contributed by atoms with Gasteiger partial charge < -0.3 is 15.7 Å². The fourth-order valence-corrected chi connectivity index (χ4v) is 1.75. The molecular weight excluding hydrogens is 302 g/mol.